The van der Waals surface area contributed by atoms with E-state index >= 15 is 0 Å². The highest BCUT2D eigenvalue weighted by Gasteiger charge is 2.35. The molecule has 0 bridgehead atoms. The number of aromatic nitrogens is 2. The van der Waals surface area contributed by atoms with Gasteiger partial charge in [0, 0.05) is 18.0 Å². The molecule has 1 aliphatic rings. The molecule has 102 valence electrons. The zero-order valence-electron chi connectivity index (χ0n) is 10.9. The van der Waals surface area contributed by atoms with Gasteiger partial charge in [0.15, 0.2) is 0 Å². The van der Waals surface area contributed by atoms with Crippen LogP contribution in [0, 0.1) is 5.82 Å². The van der Waals surface area contributed by atoms with Gasteiger partial charge in [-0.15, -0.1) is 0 Å². The molecule has 1 fully saturated rings. The van der Waals surface area contributed by atoms with Gasteiger partial charge in [0.05, 0.1) is 15.5 Å². The van der Waals surface area contributed by atoms with Crippen LogP contribution in [0.4, 0.5) is 4.39 Å². The summed E-state index contributed by atoms with van der Waals surface area (Å²) < 4.78 is 14.0. The summed E-state index contributed by atoms with van der Waals surface area (Å²) in [6, 6.07) is 3.25. The highest BCUT2D eigenvalue weighted by Crippen LogP contribution is 2.34. The van der Waals surface area contributed by atoms with Crippen molar-refractivity contribution in [1.29, 1.82) is 0 Å². The van der Waals surface area contributed by atoms with E-state index in [0.717, 1.165) is 49.2 Å². The van der Waals surface area contributed by atoms with Crippen LogP contribution in [-0.4, -0.2) is 23.1 Å². The predicted octanol–water partition coefficient (Wildman–Crippen LogP) is 3.50. The molecule has 1 aromatic carbocycles. The number of imidazole rings is 1. The Labute approximate surface area is 120 Å². The van der Waals surface area contributed by atoms with Gasteiger partial charge in [-0.1, -0.05) is 6.92 Å². The largest absolute Gasteiger partial charge is 0.341 e. The maximum atomic E-state index is 13.6. The Hall–Kier alpha value is -0.940. The van der Waals surface area contributed by atoms with Crippen LogP contribution in [0.3, 0.4) is 0 Å². The molecular weight excluding hydrogens is 309 g/mol. The normalized spacial score (nSPS) is 23.9. The Morgan fingerprint density at radius 3 is 3.00 bits per heavy atom. The third kappa shape index (κ3) is 2.19. The number of halogens is 2. The fraction of sp³-hybridized carbons (Fsp3) is 0.500. The second kappa shape index (κ2) is 4.87. The third-order valence-electron chi connectivity index (χ3n) is 4.18. The lowest BCUT2D eigenvalue weighted by molar-refractivity contribution is 0.290. The van der Waals surface area contributed by atoms with E-state index < -0.39 is 0 Å². The van der Waals surface area contributed by atoms with Crippen molar-refractivity contribution in [2.24, 2.45) is 0 Å². The summed E-state index contributed by atoms with van der Waals surface area (Å²) in [6.45, 7) is 4.20. The van der Waals surface area contributed by atoms with Crippen LogP contribution in [0.15, 0.2) is 16.6 Å². The predicted molar refractivity (Wildman–Crippen MR) is 77.8 cm³/mol. The van der Waals surface area contributed by atoms with E-state index in [2.05, 4.69) is 38.1 Å². The smallest absolute Gasteiger partial charge is 0.139 e. The lowest BCUT2D eigenvalue weighted by Gasteiger charge is -2.35. The summed E-state index contributed by atoms with van der Waals surface area (Å²) >= 11 is 3.21. The van der Waals surface area contributed by atoms with Crippen molar-refractivity contribution in [3.05, 3.63) is 28.2 Å². The molecule has 0 spiro atoms. The van der Waals surface area contributed by atoms with E-state index in [1.54, 1.807) is 6.07 Å². The van der Waals surface area contributed by atoms with E-state index in [1.807, 2.05) is 0 Å². The second-order valence-corrected chi connectivity index (χ2v) is 6.14. The van der Waals surface area contributed by atoms with E-state index in [-0.39, 0.29) is 11.2 Å². The van der Waals surface area contributed by atoms with Crippen molar-refractivity contribution in [2.75, 3.05) is 13.1 Å². The van der Waals surface area contributed by atoms with Crippen LogP contribution in [0.5, 0.6) is 0 Å². The van der Waals surface area contributed by atoms with Gasteiger partial charge < -0.3 is 10.3 Å². The molecule has 3 nitrogen and oxygen atoms in total. The molecule has 1 aliphatic heterocycles. The molecule has 1 atom stereocenters. The fourth-order valence-electron chi connectivity index (χ4n) is 2.90. The summed E-state index contributed by atoms with van der Waals surface area (Å²) in [5.74, 6) is 0.727. The molecule has 0 aliphatic carbocycles. The Morgan fingerprint density at radius 1 is 1.47 bits per heavy atom. The average molecular weight is 326 g/mol. The molecule has 3 rings (SSSR count). The number of benzene rings is 1. The maximum absolute atomic E-state index is 13.6. The zero-order chi connectivity index (χ0) is 13.5. The Balaban J connectivity index is 2.09. The topological polar surface area (TPSA) is 40.7 Å². The quantitative estimate of drug-likeness (QED) is 0.887. The highest BCUT2D eigenvalue weighted by atomic mass is 79.9. The number of nitrogens with one attached hydrogen (secondary N) is 2. The first kappa shape index (κ1) is 13.1. The van der Waals surface area contributed by atoms with Crippen molar-refractivity contribution in [3.63, 3.8) is 0 Å². The van der Waals surface area contributed by atoms with Crippen LogP contribution < -0.4 is 5.32 Å². The number of H-pyrrole nitrogens is 1. The Morgan fingerprint density at radius 2 is 2.32 bits per heavy atom. The minimum Gasteiger partial charge on any atom is -0.341 e. The maximum Gasteiger partial charge on any atom is 0.139 e. The first-order chi connectivity index (χ1) is 9.14. The van der Waals surface area contributed by atoms with Gasteiger partial charge in [0.1, 0.15) is 11.6 Å². The monoisotopic (exact) mass is 325 g/mol. The number of piperidine rings is 1. The number of aromatic amines is 1. The molecule has 0 radical (unpaired) electrons. The SMILES string of the molecule is CCC1(c2nc3cc(Br)c(F)cc3[nH]2)CCCNC1. The second-order valence-electron chi connectivity index (χ2n) is 5.28. The van der Waals surface area contributed by atoms with Crippen molar-refractivity contribution in [2.45, 2.75) is 31.6 Å². The zero-order valence-corrected chi connectivity index (χ0v) is 12.5. The lowest BCUT2D eigenvalue weighted by Crippen LogP contribution is -2.43. The summed E-state index contributed by atoms with van der Waals surface area (Å²) in [4.78, 5) is 8.00. The van der Waals surface area contributed by atoms with Crippen LogP contribution in [0.2, 0.25) is 0 Å². The van der Waals surface area contributed by atoms with Crippen LogP contribution in [0.25, 0.3) is 11.0 Å². The Bertz CT molecular complexity index is 563. The lowest BCUT2D eigenvalue weighted by atomic mass is 9.77. The molecule has 2 heterocycles. The van der Waals surface area contributed by atoms with Crippen LogP contribution >= 0.6 is 15.9 Å². The van der Waals surface area contributed by atoms with E-state index in [1.165, 1.54) is 6.07 Å². The van der Waals surface area contributed by atoms with Crippen molar-refractivity contribution < 1.29 is 4.39 Å². The van der Waals surface area contributed by atoms with Gasteiger partial charge in [0.25, 0.3) is 0 Å². The minimum absolute atomic E-state index is 0.0558. The molecule has 2 aromatic rings. The van der Waals surface area contributed by atoms with Crippen molar-refractivity contribution in [3.8, 4) is 0 Å². The minimum atomic E-state index is -0.255. The molecule has 1 saturated heterocycles. The highest BCUT2D eigenvalue weighted by molar-refractivity contribution is 9.10. The van der Waals surface area contributed by atoms with Crippen LogP contribution in [0.1, 0.15) is 32.0 Å². The van der Waals surface area contributed by atoms with Gasteiger partial charge in [0.2, 0.25) is 0 Å². The summed E-state index contributed by atoms with van der Waals surface area (Å²) in [7, 11) is 0. The summed E-state index contributed by atoms with van der Waals surface area (Å²) in [5.41, 5.74) is 1.65. The number of hydrogen-bond donors (Lipinski definition) is 2. The molecule has 5 heteroatoms. The first-order valence-electron chi connectivity index (χ1n) is 6.70. The van der Waals surface area contributed by atoms with Gasteiger partial charge in [-0.3, -0.25) is 0 Å². The number of rotatable bonds is 2. The molecule has 0 amide bonds. The standard InChI is InChI=1S/C14H17BrFN3/c1-2-14(4-3-5-17-8-14)13-18-11-6-9(15)10(16)7-12(11)19-13/h6-7,17H,2-5,8H2,1H3,(H,18,19). The van der Waals surface area contributed by atoms with E-state index in [0.29, 0.717) is 4.47 Å². The number of fused-ring (bicyclic) bond motifs is 1. The third-order valence-corrected chi connectivity index (χ3v) is 4.78. The van der Waals surface area contributed by atoms with Crippen molar-refractivity contribution >= 4 is 27.0 Å². The van der Waals surface area contributed by atoms with Gasteiger partial charge in [-0.25, -0.2) is 9.37 Å². The number of hydrogen-bond acceptors (Lipinski definition) is 2. The van der Waals surface area contributed by atoms with E-state index in [9.17, 15) is 4.39 Å². The van der Waals surface area contributed by atoms with Gasteiger partial charge >= 0.3 is 0 Å². The average Bonchev–Trinajstić information content (AvgIpc) is 2.83. The molecule has 0 saturated carbocycles. The molecule has 1 aromatic heterocycles. The fourth-order valence-corrected chi connectivity index (χ4v) is 3.23. The van der Waals surface area contributed by atoms with Gasteiger partial charge in [-0.2, -0.15) is 0 Å². The molecule has 19 heavy (non-hydrogen) atoms. The summed E-state index contributed by atoms with van der Waals surface area (Å²) in [6.07, 6.45) is 3.31. The first-order valence-corrected chi connectivity index (χ1v) is 7.50. The molecule has 2 N–H and O–H groups in total. The number of nitrogens with zero attached hydrogens (tertiary/aromatic N) is 1. The van der Waals surface area contributed by atoms with Gasteiger partial charge in [-0.05, 0) is 47.8 Å². The van der Waals surface area contributed by atoms with Crippen molar-refractivity contribution in [1.82, 2.24) is 15.3 Å². The molecule has 1 unspecified atom stereocenters. The summed E-state index contributed by atoms with van der Waals surface area (Å²) in [5, 5.41) is 3.45. The van der Waals surface area contributed by atoms with E-state index in [4.69, 9.17) is 0 Å². The Kier molecular flexibility index (Phi) is 3.35. The molecular formula is C14H17BrFN3. The van der Waals surface area contributed by atoms with Crippen LogP contribution in [-0.2, 0) is 5.41 Å².